The lowest BCUT2D eigenvalue weighted by atomic mass is 10.1. The van der Waals surface area contributed by atoms with Gasteiger partial charge in [-0.1, -0.05) is 0 Å². The Bertz CT molecular complexity index is 617. The number of hydrogen-bond acceptors (Lipinski definition) is 2. The highest BCUT2D eigenvalue weighted by Gasteiger charge is 2.29. The Hall–Kier alpha value is -1.36. The van der Waals surface area contributed by atoms with E-state index in [1.54, 1.807) is 12.1 Å². The van der Waals surface area contributed by atoms with Gasteiger partial charge in [0, 0.05) is 18.5 Å². The van der Waals surface area contributed by atoms with Gasteiger partial charge in [-0.05, 0) is 47.0 Å². The fourth-order valence-electron chi connectivity index (χ4n) is 2.09. The molecule has 3 rings (SSSR count). The molecular weight excluding hydrogens is 297 g/mol. The van der Waals surface area contributed by atoms with Gasteiger partial charge in [0.25, 0.3) is 0 Å². The highest BCUT2D eigenvalue weighted by Crippen LogP contribution is 2.41. The molecule has 3 nitrogen and oxygen atoms in total. The van der Waals surface area contributed by atoms with Crippen LogP contribution in [0, 0.1) is 5.82 Å². The summed E-state index contributed by atoms with van der Waals surface area (Å²) in [6.07, 6.45) is 2.35. The van der Waals surface area contributed by atoms with Crippen molar-refractivity contribution in [1.82, 2.24) is 9.55 Å². The number of hydrogen-bond donors (Lipinski definition) is 1. The zero-order chi connectivity index (χ0) is 12.9. The largest absolute Gasteiger partial charge is 0.383 e. The second kappa shape index (κ2) is 4.09. The first-order chi connectivity index (χ1) is 8.58. The third-order valence-electron chi connectivity index (χ3n) is 3.31. The fraction of sp³-hybridized carbons (Fsp3) is 0.308. The van der Waals surface area contributed by atoms with Gasteiger partial charge in [-0.2, -0.15) is 0 Å². The number of rotatable bonds is 2. The van der Waals surface area contributed by atoms with Gasteiger partial charge in [-0.15, -0.1) is 0 Å². The van der Waals surface area contributed by atoms with Gasteiger partial charge in [-0.3, -0.25) is 0 Å². The van der Waals surface area contributed by atoms with E-state index in [2.05, 4.69) is 20.9 Å². The minimum atomic E-state index is -0.282. The molecule has 0 radical (unpaired) electrons. The summed E-state index contributed by atoms with van der Waals surface area (Å²) >= 11 is 3.18. The van der Waals surface area contributed by atoms with Crippen LogP contribution in [0.25, 0.3) is 11.3 Å². The SMILES string of the molecule is Cn1c(C2CC2)nc(-c2ccc(F)c(Br)c2)c1N. The summed E-state index contributed by atoms with van der Waals surface area (Å²) in [5, 5.41) is 0. The fourth-order valence-corrected chi connectivity index (χ4v) is 2.47. The molecule has 1 aromatic heterocycles. The molecule has 0 unspecified atom stereocenters. The molecule has 18 heavy (non-hydrogen) atoms. The van der Waals surface area contributed by atoms with Gasteiger partial charge in [0.2, 0.25) is 0 Å². The molecule has 1 aliphatic carbocycles. The zero-order valence-corrected chi connectivity index (χ0v) is 11.5. The van der Waals surface area contributed by atoms with E-state index < -0.39 is 0 Å². The maximum absolute atomic E-state index is 13.2. The van der Waals surface area contributed by atoms with E-state index in [0.717, 1.165) is 17.1 Å². The van der Waals surface area contributed by atoms with Gasteiger partial charge in [-0.25, -0.2) is 9.37 Å². The second-order valence-electron chi connectivity index (χ2n) is 4.67. The number of nitrogens with zero attached hydrogens (tertiary/aromatic N) is 2. The van der Waals surface area contributed by atoms with Crippen molar-refractivity contribution >= 4 is 21.7 Å². The molecule has 1 aromatic carbocycles. The molecule has 1 fully saturated rings. The summed E-state index contributed by atoms with van der Waals surface area (Å²) in [6, 6.07) is 4.84. The first kappa shape index (κ1) is 11.7. The van der Waals surface area contributed by atoms with E-state index in [1.165, 1.54) is 18.9 Å². The van der Waals surface area contributed by atoms with E-state index in [0.29, 0.717) is 16.2 Å². The van der Waals surface area contributed by atoms with E-state index in [4.69, 9.17) is 5.73 Å². The van der Waals surface area contributed by atoms with Crippen molar-refractivity contribution in [2.75, 3.05) is 5.73 Å². The number of benzene rings is 1. The highest BCUT2D eigenvalue weighted by atomic mass is 79.9. The molecule has 0 spiro atoms. The predicted molar refractivity (Wildman–Crippen MR) is 72.7 cm³/mol. The summed E-state index contributed by atoms with van der Waals surface area (Å²) in [6.45, 7) is 0. The summed E-state index contributed by atoms with van der Waals surface area (Å²) in [4.78, 5) is 4.61. The number of imidazole rings is 1. The van der Waals surface area contributed by atoms with Crippen LogP contribution in [0.4, 0.5) is 10.2 Å². The Balaban J connectivity index is 2.10. The van der Waals surface area contributed by atoms with Crippen molar-refractivity contribution in [3.8, 4) is 11.3 Å². The summed E-state index contributed by atoms with van der Waals surface area (Å²) in [5.41, 5.74) is 7.65. The highest BCUT2D eigenvalue weighted by molar-refractivity contribution is 9.10. The molecule has 2 N–H and O–H groups in total. The lowest BCUT2D eigenvalue weighted by Gasteiger charge is -2.02. The number of nitrogens with two attached hydrogens (primary N) is 1. The van der Waals surface area contributed by atoms with Gasteiger partial charge in [0.15, 0.2) is 0 Å². The molecule has 0 bridgehead atoms. The Morgan fingerprint density at radius 2 is 2.17 bits per heavy atom. The number of halogens is 2. The second-order valence-corrected chi connectivity index (χ2v) is 5.52. The standard InChI is InChI=1S/C13H13BrFN3/c1-18-12(16)11(17-13(18)7-2-3-7)8-4-5-10(15)9(14)6-8/h4-7H,2-3,16H2,1H3. The summed E-state index contributed by atoms with van der Waals surface area (Å²) in [5.74, 6) is 1.92. The van der Waals surface area contributed by atoms with Crippen LogP contribution in [0.3, 0.4) is 0 Å². The van der Waals surface area contributed by atoms with Crippen LogP contribution in [0.5, 0.6) is 0 Å². The van der Waals surface area contributed by atoms with Crippen LogP contribution < -0.4 is 5.73 Å². The van der Waals surface area contributed by atoms with Crippen LogP contribution in [0.15, 0.2) is 22.7 Å². The Morgan fingerprint density at radius 3 is 2.78 bits per heavy atom. The number of aromatic nitrogens is 2. The average molecular weight is 310 g/mol. The van der Waals surface area contributed by atoms with Crippen LogP contribution in [-0.4, -0.2) is 9.55 Å². The van der Waals surface area contributed by atoms with Gasteiger partial charge in [0.1, 0.15) is 23.2 Å². The molecule has 94 valence electrons. The zero-order valence-electron chi connectivity index (χ0n) is 9.95. The minimum Gasteiger partial charge on any atom is -0.383 e. The van der Waals surface area contributed by atoms with Gasteiger partial charge >= 0.3 is 0 Å². The lowest BCUT2D eigenvalue weighted by Crippen LogP contribution is -2.00. The van der Waals surface area contributed by atoms with Crippen molar-refractivity contribution in [2.45, 2.75) is 18.8 Å². The normalized spacial score (nSPS) is 15.1. The lowest BCUT2D eigenvalue weighted by molar-refractivity contribution is 0.621. The van der Waals surface area contributed by atoms with Crippen LogP contribution >= 0.6 is 15.9 Å². The smallest absolute Gasteiger partial charge is 0.137 e. The Morgan fingerprint density at radius 1 is 1.44 bits per heavy atom. The molecule has 0 aliphatic heterocycles. The molecule has 5 heteroatoms. The summed E-state index contributed by atoms with van der Waals surface area (Å²) < 4.78 is 15.6. The van der Waals surface area contributed by atoms with Crippen molar-refractivity contribution in [3.63, 3.8) is 0 Å². The van der Waals surface area contributed by atoms with E-state index >= 15 is 0 Å². The van der Waals surface area contributed by atoms with Crippen LogP contribution in [-0.2, 0) is 7.05 Å². The van der Waals surface area contributed by atoms with Gasteiger partial charge < -0.3 is 10.3 Å². The Labute approximate surface area is 113 Å². The first-order valence-corrected chi connectivity index (χ1v) is 6.64. The molecule has 1 aliphatic rings. The summed E-state index contributed by atoms with van der Waals surface area (Å²) in [7, 11) is 1.93. The maximum atomic E-state index is 13.2. The third-order valence-corrected chi connectivity index (χ3v) is 3.92. The number of nitrogen functional groups attached to an aromatic ring is 1. The van der Waals surface area contributed by atoms with Gasteiger partial charge in [0.05, 0.1) is 4.47 Å². The molecule has 1 saturated carbocycles. The minimum absolute atomic E-state index is 0.282. The third kappa shape index (κ3) is 1.82. The molecule has 2 aromatic rings. The number of anilines is 1. The van der Waals surface area contributed by atoms with E-state index in [1.807, 2.05) is 11.6 Å². The average Bonchev–Trinajstić information content (AvgIpc) is 3.13. The molecule has 0 saturated heterocycles. The molecule has 0 atom stereocenters. The predicted octanol–water partition coefficient (Wildman–Crippen LogP) is 3.45. The van der Waals surface area contributed by atoms with Crippen molar-refractivity contribution < 1.29 is 4.39 Å². The van der Waals surface area contributed by atoms with E-state index in [-0.39, 0.29) is 5.82 Å². The van der Waals surface area contributed by atoms with Crippen molar-refractivity contribution in [1.29, 1.82) is 0 Å². The van der Waals surface area contributed by atoms with Crippen LogP contribution in [0.1, 0.15) is 24.6 Å². The molecule has 0 amide bonds. The Kier molecular flexibility index (Phi) is 2.66. The topological polar surface area (TPSA) is 43.8 Å². The molecule has 1 heterocycles. The monoisotopic (exact) mass is 309 g/mol. The van der Waals surface area contributed by atoms with Crippen molar-refractivity contribution in [2.24, 2.45) is 7.05 Å². The van der Waals surface area contributed by atoms with E-state index in [9.17, 15) is 4.39 Å². The first-order valence-electron chi connectivity index (χ1n) is 5.85. The maximum Gasteiger partial charge on any atom is 0.137 e. The quantitative estimate of drug-likeness (QED) is 0.923. The van der Waals surface area contributed by atoms with Crippen molar-refractivity contribution in [3.05, 3.63) is 34.3 Å². The van der Waals surface area contributed by atoms with Crippen LogP contribution in [0.2, 0.25) is 0 Å². The molecular formula is C13H13BrFN3.